The molecule has 34 heavy (non-hydrogen) atoms. The van der Waals surface area contributed by atoms with Gasteiger partial charge in [-0.25, -0.2) is 4.79 Å². The van der Waals surface area contributed by atoms with E-state index in [2.05, 4.69) is 20.8 Å². The van der Waals surface area contributed by atoms with Gasteiger partial charge < -0.3 is 19.3 Å². The summed E-state index contributed by atoms with van der Waals surface area (Å²) in [5.41, 5.74) is 7.43. The number of hydrogen-bond acceptors (Lipinski definition) is 5. The summed E-state index contributed by atoms with van der Waals surface area (Å²) in [7, 11) is -6.19. The SMILES string of the molecule is CC(C)(C)c1ccc([Si](OP(=O)(O)Cc2cc(=O)oc3cc(N)ccc23)c2ccccc2)cc1. The second-order valence-electron chi connectivity index (χ2n) is 9.26. The van der Waals surface area contributed by atoms with Crippen molar-refractivity contribution in [2.24, 2.45) is 0 Å². The predicted octanol–water partition coefficient (Wildman–Crippen LogP) is 4.18. The normalized spacial score (nSPS) is 13.8. The molecule has 0 spiro atoms. The summed E-state index contributed by atoms with van der Waals surface area (Å²) in [6.45, 7) is 6.41. The van der Waals surface area contributed by atoms with Crippen molar-refractivity contribution in [1.82, 2.24) is 0 Å². The molecule has 6 nitrogen and oxygen atoms in total. The molecule has 1 atom stereocenters. The Kier molecular flexibility index (Phi) is 6.65. The molecule has 0 saturated carbocycles. The zero-order valence-electron chi connectivity index (χ0n) is 19.3. The zero-order chi connectivity index (χ0) is 24.5. The maximum absolute atomic E-state index is 13.4. The zero-order valence-corrected chi connectivity index (χ0v) is 21.2. The van der Waals surface area contributed by atoms with Crippen LogP contribution in [0.25, 0.3) is 11.0 Å². The molecule has 1 radical (unpaired) electrons. The highest BCUT2D eigenvalue weighted by Crippen LogP contribution is 2.47. The molecule has 0 aliphatic carbocycles. The Hall–Kier alpha value is -2.96. The Morgan fingerprint density at radius 1 is 0.971 bits per heavy atom. The van der Waals surface area contributed by atoms with Crippen LogP contribution in [0.4, 0.5) is 5.69 Å². The number of anilines is 1. The molecule has 175 valence electrons. The summed E-state index contributed by atoms with van der Waals surface area (Å²) in [6.07, 6.45) is -0.319. The second kappa shape index (κ2) is 9.35. The number of nitrogen functional groups attached to an aromatic ring is 1. The lowest BCUT2D eigenvalue weighted by molar-refractivity contribution is 0.385. The van der Waals surface area contributed by atoms with E-state index in [1.807, 2.05) is 54.6 Å². The van der Waals surface area contributed by atoms with Crippen LogP contribution in [0.15, 0.2) is 88.1 Å². The molecule has 0 aliphatic heterocycles. The maximum Gasteiger partial charge on any atom is 0.336 e. The second-order valence-corrected chi connectivity index (χ2v) is 13.4. The van der Waals surface area contributed by atoms with Gasteiger partial charge in [0.05, 0.1) is 6.16 Å². The fourth-order valence-corrected chi connectivity index (χ4v) is 7.98. The standard InChI is InChI=1S/C26H27NO5PSi/c1-26(2,3)19-9-12-22(13-10-19)34(21-7-5-4-6-8-21)32-33(29,30)17-18-15-25(28)31-24-16-20(27)11-14-23(18)24/h4-16H,17,27H2,1-3H3,(H,29,30). The van der Waals surface area contributed by atoms with Crippen LogP contribution in [0.2, 0.25) is 0 Å². The van der Waals surface area contributed by atoms with Crippen molar-refractivity contribution in [3.05, 3.63) is 100 Å². The Labute approximate surface area is 200 Å². The Morgan fingerprint density at radius 3 is 2.26 bits per heavy atom. The van der Waals surface area contributed by atoms with Crippen LogP contribution in [0, 0.1) is 0 Å². The van der Waals surface area contributed by atoms with Crippen molar-refractivity contribution >= 4 is 43.7 Å². The van der Waals surface area contributed by atoms with Gasteiger partial charge in [-0.15, -0.1) is 0 Å². The molecule has 0 aliphatic rings. The minimum Gasteiger partial charge on any atom is -0.423 e. The van der Waals surface area contributed by atoms with E-state index in [0.717, 1.165) is 10.4 Å². The average Bonchev–Trinajstić information content (AvgIpc) is 2.77. The molecule has 4 aromatic rings. The van der Waals surface area contributed by atoms with Gasteiger partial charge in [-0.1, -0.05) is 75.4 Å². The Bertz CT molecular complexity index is 1410. The molecule has 3 N–H and O–H groups in total. The van der Waals surface area contributed by atoms with E-state index in [0.29, 0.717) is 16.6 Å². The summed E-state index contributed by atoms with van der Waals surface area (Å²) in [6, 6.07) is 23.6. The number of rotatable bonds is 6. The monoisotopic (exact) mass is 492 g/mol. The molecule has 0 bridgehead atoms. The van der Waals surface area contributed by atoms with E-state index in [-0.39, 0.29) is 17.2 Å². The van der Waals surface area contributed by atoms with Crippen LogP contribution in [0.5, 0.6) is 0 Å². The molecule has 0 fully saturated rings. The summed E-state index contributed by atoms with van der Waals surface area (Å²) in [4.78, 5) is 23.0. The van der Waals surface area contributed by atoms with E-state index >= 15 is 0 Å². The van der Waals surface area contributed by atoms with Gasteiger partial charge in [-0.2, -0.15) is 0 Å². The molecule has 0 saturated heterocycles. The number of benzene rings is 3. The average molecular weight is 493 g/mol. The summed E-state index contributed by atoms with van der Waals surface area (Å²) in [5.74, 6) is 0. The lowest BCUT2D eigenvalue weighted by Gasteiger charge is -2.23. The van der Waals surface area contributed by atoms with Crippen molar-refractivity contribution in [3.8, 4) is 0 Å². The first kappa shape index (κ1) is 24.2. The smallest absolute Gasteiger partial charge is 0.336 e. The van der Waals surface area contributed by atoms with Crippen LogP contribution in [0.3, 0.4) is 0 Å². The molecule has 4 rings (SSSR count). The first-order valence-electron chi connectivity index (χ1n) is 10.9. The van der Waals surface area contributed by atoms with E-state index in [9.17, 15) is 14.3 Å². The third-order valence-corrected chi connectivity index (χ3v) is 9.83. The van der Waals surface area contributed by atoms with Crippen LogP contribution < -0.4 is 21.7 Å². The van der Waals surface area contributed by atoms with Gasteiger partial charge in [0.15, 0.2) is 0 Å². The predicted molar refractivity (Wildman–Crippen MR) is 138 cm³/mol. The van der Waals surface area contributed by atoms with Gasteiger partial charge in [0.2, 0.25) is 0 Å². The van der Waals surface area contributed by atoms with E-state index in [4.69, 9.17) is 14.4 Å². The lowest BCUT2D eigenvalue weighted by atomic mass is 9.87. The van der Waals surface area contributed by atoms with Gasteiger partial charge in [0, 0.05) is 23.2 Å². The summed E-state index contributed by atoms with van der Waals surface area (Å²) < 4.78 is 24.6. The van der Waals surface area contributed by atoms with E-state index in [1.54, 1.807) is 12.1 Å². The van der Waals surface area contributed by atoms with Crippen LogP contribution in [-0.4, -0.2) is 13.9 Å². The highest BCUT2D eigenvalue weighted by atomic mass is 31.2. The largest absolute Gasteiger partial charge is 0.423 e. The van der Waals surface area contributed by atoms with Crippen LogP contribution in [-0.2, 0) is 20.4 Å². The first-order valence-corrected chi connectivity index (χ1v) is 14.1. The molecule has 1 aromatic heterocycles. The number of hydrogen-bond donors (Lipinski definition) is 2. The fourth-order valence-electron chi connectivity index (χ4n) is 3.75. The van der Waals surface area contributed by atoms with Gasteiger partial charge >= 0.3 is 13.2 Å². The minimum atomic E-state index is -4.15. The van der Waals surface area contributed by atoms with Gasteiger partial charge in [-0.3, -0.25) is 4.57 Å². The number of nitrogens with two attached hydrogens (primary N) is 1. The van der Waals surface area contributed by atoms with Crippen LogP contribution in [0.1, 0.15) is 31.9 Å². The molecule has 3 aromatic carbocycles. The van der Waals surface area contributed by atoms with Crippen molar-refractivity contribution < 1.29 is 18.1 Å². The van der Waals surface area contributed by atoms with Crippen molar-refractivity contribution in [1.29, 1.82) is 0 Å². The topological polar surface area (TPSA) is 103 Å². The highest BCUT2D eigenvalue weighted by Gasteiger charge is 2.31. The Balaban J connectivity index is 1.70. The third-order valence-electron chi connectivity index (χ3n) is 5.51. The minimum absolute atomic E-state index is 0.00976. The van der Waals surface area contributed by atoms with Gasteiger partial charge in [-0.05, 0) is 39.0 Å². The summed E-state index contributed by atoms with van der Waals surface area (Å²) >= 11 is 0. The van der Waals surface area contributed by atoms with E-state index < -0.39 is 22.3 Å². The van der Waals surface area contributed by atoms with Gasteiger partial charge in [0.1, 0.15) is 5.58 Å². The Morgan fingerprint density at radius 2 is 1.62 bits per heavy atom. The maximum atomic E-state index is 13.4. The molecule has 8 heteroatoms. The van der Waals surface area contributed by atoms with Gasteiger partial charge in [0.25, 0.3) is 9.04 Å². The fraction of sp³-hybridized carbons (Fsp3) is 0.192. The molecule has 0 amide bonds. The van der Waals surface area contributed by atoms with Crippen molar-refractivity contribution in [2.45, 2.75) is 32.3 Å². The highest BCUT2D eigenvalue weighted by molar-refractivity contribution is 7.53. The van der Waals surface area contributed by atoms with Crippen molar-refractivity contribution in [3.63, 3.8) is 0 Å². The van der Waals surface area contributed by atoms with Crippen LogP contribution >= 0.6 is 7.60 Å². The molecule has 1 unspecified atom stereocenters. The molecular formula is C26H27NO5PSi. The number of fused-ring (bicyclic) bond motifs is 1. The first-order chi connectivity index (χ1) is 16.0. The van der Waals surface area contributed by atoms with Crippen molar-refractivity contribution in [2.75, 3.05) is 5.73 Å². The third kappa shape index (κ3) is 5.57. The molecular weight excluding hydrogens is 465 g/mol. The molecule has 1 heterocycles. The quantitative estimate of drug-likeness (QED) is 0.181. The van der Waals surface area contributed by atoms with E-state index in [1.165, 1.54) is 17.7 Å². The summed E-state index contributed by atoms with van der Waals surface area (Å²) in [5, 5.41) is 2.27. The lowest BCUT2D eigenvalue weighted by Crippen LogP contribution is -2.44.